The molecule has 0 aliphatic rings. The topological polar surface area (TPSA) is 22.1 Å². The molecule has 0 saturated carbocycles. The van der Waals surface area contributed by atoms with Crippen molar-refractivity contribution in [1.29, 1.82) is 0 Å². The van der Waals surface area contributed by atoms with Crippen LogP contribution in [0.3, 0.4) is 0 Å². The lowest BCUT2D eigenvalue weighted by Gasteiger charge is -2.09. The largest absolute Gasteiger partial charge is 0.457 e. The molecule has 2 nitrogen and oxygen atoms in total. The summed E-state index contributed by atoms with van der Waals surface area (Å²) < 4.78 is 5.75. The van der Waals surface area contributed by atoms with E-state index in [4.69, 9.17) is 27.9 Å². The van der Waals surface area contributed by atoms with Gasteiger partial charge in [0.1, 0.15) is 11.5 Å². The highest BCUT2D eigenvalue weighted by molar-refractivity contribution is 6.30. The molecule has 1 aromatic heterocycles. The summed E-state index contributed by atoms with van der Waals surface area (Å²) >= 11 is 11.6. The van der Waals surface area contributed by atoms with Crippen LogP contribution in [0.2, 0.25) is 5.02 Å². The van der Waals surface area contributed by atoms with E-state index in [9.17, 15) is 0 Å². The number of pyridine rings is 1. The zero-order valence-electron chi connectivity index (χ0n) is 9.28. The van der Waals surface area contributed by atoms with Crippen LogP contribution in [-0.2, 0) is 5.88 Å². The van der Waals surface area contributed by atoms with Crippen molar-refractivity contribution in [3.05, 3.63) is 52.8 Å². The number of rotatable bonds is 3. The number of aryl methyl sites for hydroxylation is 1. The summed E-state index contributed by atoms with van der Waals surface area (Å²) in [6, 6.07) is 9.12. The minimum absolute atomic E-state index is 0.372. The van der Waals surface area contributed by atoms with Crippen LogP contribution in [-0.4, -0.2) is 4.98 Å². The van der Waals surface area contributed by atoms with Crippen molar-refractivity contribution >= 4 is 23.2 Å². The standard InChI is InChI=1S/C13H11Cl2NO/c1-9-6-10(15)2-3-13(9)17-12-4-5-16-11(7-12)8-14/h2-7H,8H2,1H3. The van der Waals surface area contributed by atoms with Crippen LogP contribution >= 0.6 is 23.2 Å². The van der Waals surface area contributed by atoms with Crippen molar-refractivity contribution in [1.82, 2.24) is 4.98 Å². The Kier molecular flexibility index (Phi) is 3.87. The third kappa shape index (κ3) is 3.11. The maximum atomic E-state index is 5.88. The van der Waals surface area contributed by atoms with Gasteiger partial charge in [-0.05, 0) is 36.8 Å². The minimum atomic E-state index is 0.372. The van der Waals surface area contributed by atoms with Gasteiger partial charge in [-0.3, -0.25) is 4.98 Å². The molecule has 0 bridgehead atoms. The summed E-state index contributed by atoms with van der Waals surface area (Å²) in [5, 5.41) is 0.700. The predicted octanol–water partition coefficient (Wildman–Crippen LogP) is 4.57. The number of halogens is 2. The zero-order valence-corrected chi connectivity index (χ0v) is 10.8. The second-order valence-electron chi connectivity index (χ2n) is 3.63. The SMILES string of the molecule is Cc1cc(Cl)ccc1Oc1ccnc(CCl)c1. The van der Waals surface area contributed by atoms with E-state index < -0.39 is 0 Å². The Morgan fingerprint density at radius 1 is 1.24 bits per heavy atom. The molecule has 2 aromatic rings. The molecule has 0 N–H and O–H groups in total. The molecular formula is C13H11Cl2NO. The van der Waals surface area contributed by atoms with Crippen LogP contribution in [0.25, 0.3) is 0 Å². The van der Waals surface area contributed by atoms with E-state index in [0.29, 0.717) is 10.9 Å². The highest BCUT2D eigenvalue weighted by Gasteiger charge is 2.03. The number of ether oxygens (including phenoxy) is 1. The van der Waals surface area contributed by atoms with Crippen LogP contribution in [0, 0.1) is 6.92 Å². The van der Waals surface area contributed by atoms with E-state index >= 15 is 0 Å². The van der Waals surface area contributed by atoms with Gasteiger partial charge in [0.2, 0.25) is 0 Å². The van der Waals surface area contributed by atoms with Gasteiger partial charge in [-0.15, -0.1) is 11.6 Å². The Balaban J connectivity index is 2.25. The van der Waals surface area contributed by atoms with Crippen molar-refractivity contribution < 1.29 is 4.74 Å². The van der Waals surface area contributed by atoms with Crippen LogP contribution in [0.4, 0.5) is 0 Å². The third-order valence-electron chi connectivity index (χ3n) is 2.29. The quantitative estimate of drug-likeness (QED) is 0.760. The molecule has 4 heteroatoms. The van der Waals surface area contributed by atoms with Crippen molar-refractivity contribution in [2.75, 3.05) is 0 Å². The van der Waals surface area contributed by atoms with Gasteiger partial charge in [-0.2, -0.15) is 0 Å². The average Bonchev–Trinajstić information content (AvgIpc) is 2.33. The molecule has 0 amide bonds. The van der Waals surface area contributed by atoms with E-state index in [-0.39, 0.29) is 0 Å². The molecule has 0 aliphatic heterocycles. The molecule has 0 fully saturated rings. The van der Waals surface area contributed by atoms with Gasteiger partial charge in [-0.25, -0.2) is 0 Å². The summed E-state index contributed by atoms with van der Waals surface area (Å²) in [5.41, 5.74) is 1.78. The second-order valence-corrected chi connectivity index (χ2v) is 4.33. The van der Waals surface area contributed by atoms with Crippen LogP contribution < -0.4 is 4.74 Å². The molecule has 0 spiro atoms. The summed E-state index contributed by atoms with van der Waals surface area (Å²) in [6.07, 6.45) is 1.68. The van der Waals surface area contributed by atoms with Gasteiger partial charge in [0.05, 0.1) is 11.6 Å². The Labute approximate surface area is 110 Å². The number of aromatic nitrogens is 1. The van der Waals surface area contributed by atoms with Crippen molar-refractivity contribution in [2.45, 2.75) is 12.8 Å². The normalized spacial score (nSPS) is 10.3. The molecule has 0 radical (unpaired) electrons. The Hall–Kier alpha value is -1.25. The highest BCUT2D eigenvalue weighted by Crippen LogP contribution is 2.27. The third-order valence-corrected chi connectivity index (χ3v) is 2.80. The number of nitrogens with zero attached hydrogens (tertiary/aromatic N) is 1. The molecule has 0 atom stereocenters. The van der Waals surface area contributed by atoms with Gasteiger partial charge in [0, 0.05) is 17.3 Å². The molecule has 0 aliphatic carbocycles. The Bertz CT molecular complexity index is 529. The lowest BCUT2D eigenvalue weighted by molar-refractivity contribution is 0.477. The smallest absolute Gasteiger partial charge is 0.130 e. The maximum absolute atomic E-state index is 5.88. The van der Waals surface area contributed by atoms with Crippen LogP contribution in [0.1, 0.15) is 11.3 Å². The van der Waals surface area contributed by atoms with Gasteiger partial charge in [-0.1, -0.05) is 11.6 Å². The van der Waals surface area contributed by atoms with Crippen LogP contribution in [0.15, 0.2) is 36.5 Å². The van der Waals surface area contributed by atoms with E-state index in [1.165, 1.54) is 0 Å². The minimum Gasteiger partial charge on any atom is -0.457 e. The summed E-state index contributed by atoms with van der Waals surface area (Å²) in [5.74, 6) is 1.87. The molecule has 1 aromatic carbocycles. The lowest BCUT2D eigenvalue weighted by atomic mass is 10.2. The fourth-order valence-corrected chi connectivity index (χ4v) is 1.82. The fourth-order valence-electron chi connectivity index (χ4n) is 1.45. The van der Waals surface area contributed by atoms with E-state index in [0.717, 1.165) is 22.8 Å². The number of alkyl halides is 1. The number of benzene rings is 1. The second kappa shape index (κ2) is 5.39. The molecule has 17 heavy (non-hydrogen) atoms. The van der Waals surface area contributed by atoms with E-state index in [1.54, 1.807) is 18.3 Å². The van der Waals surface area contributed by atoms with Crippen LogP contribution in [0.5, 0.6) is 11.5 Å². The first-order valence-corrected chi connectivity index (χ1v) is 6.05. The molecule has 88 valence electrons. The summed E-state index contributed by atoms with van der Waals surface area (Å²) in [6.45, 7) is 1.95. The predicted molar refractivity (Wildman–Crippen MR) is 70.1 cm³/mol. The van der Waals surface area contributed by atoms with Crippen molar-refractivity contribution in [3.8, 4) is 11.5 Å². The molecule has 1 heterocycles. The van der Waals surface area contributed by atoms with Gasteiger partial charge in [0.25, 0.3) is 0 Å². The maximum Gasteiger partial charge on any atom is 0.130 e. The summed E-state index contributed by atoms with van der Waals surface area (Å²) in [4.78, 5) is 4.10. The fraction of sp³-hybridized carbons (Fsp3) is 0.154. The first kappa shape index (κ1) is 12.2. The molecule has 2 rings (SSSR count). The molecular weight excluding hydrogens is 257 g/mol. The Morgan fingerprint density at radius 3 is 2.76 bits per heavy atom. The molecule has 0 saturated heterocycles. The first-order chi connectivity index (χ1) is 8.19. The zero-order chi connectivity index (χ0) is 12.3. The highest BCUT2D eigenvalue weighted by atomic mass is 35.5. The van der Waals surface area contributed by atoms with Gasteiger partial charge in [0.15, 0.2) is 0 Å². The summed E-state index contributed by atoms with van der Waals surface area (Å²) in [7, 11) is 0. The number of hydrogen-bond acceptors (Lipinski definition) is 2. The van der Waals surface area contributed by atoms with Crippen molar-refractivity contribution in [2.24, 2.45) is 0 Å². The molecule has 0 unspecified atom stereocenters. The average molecular weight is 268 g/mol. The Morgan fingerprint density at radius 2 is 2.06 bits per heavy atom. The van der Waals surface area contributed by atoms with E-state index in [2.05, 4.69) is 4.98 Å². The van der Waals surface area contributed by atoms with Crippen molar-refractivity contribution in [3.63, 3.8) is 0 Å². The van der Waals surface area contributed by atoms with Gasteiger partial charge >= 0.3 is 0 Å². The van der Waals surface area contributed by atoms with E-state index in [1.807, 2.05) is 25.1 Å². The first-order valence-electron chi connectivity index (χ1n) is 5.14. The van der Waals surface area contributed by atoms with Gasteiger partial charge < -0.3 is 4.74 Å². The monoisotopic (exact) mass is 267 g/mol. The lowest BCUT2D eigenvalue weighted by Crippen LogP contribution is -1.90. The number of hydrogen-bond donors (Lipinski definition) is 0.